The molecule has 0 radical (unpaired) electrons. The number of carbonyl (C=O) groups is 1. The lowest BCUT2D eigenvalue weighted by Gasteiger charge is -2.26. The van der Waals surface area contributed by atoms with E-state index in [1.54, 1.807) is 11.8 Å². The van der Waals surface area contributed by atoms with Crippen LogP contribution in [0.1, 0.15) is 24.8 Å². The minimum absolute atomic E-state index is 0.0942. The third kappa shape index (κ3) is 4.10. The van der Waals surface area contributed by atoms with Crippen LogP contribution in [-0.4, -0.2) is 17.8 Å². The Balaban J connectivity index is 1.62. The van der Waals surface area contributed by atoms with Gasteiger partial charge in [-0.1, -0.05) is 42.5 Å². The number of hydrogen-bond acceptors (Lipinski definition) is 4. The number of rotatable bonds is 6. The van der Waals surface area contributed by atoms with Crippen LogP contribution in [0.5, 0.6) is 17.2 Å². The van der Waals surface area contributed by atoms with Crippen LogP contribution >= 0.6 is 11.8 Å². The molecule has 0 bridgehead atoms. The van der Waals surface area contributed by atoms with E-state index in [0.717, 1.165) is 28.5 Å². The monoisotopic (exact) mass is 405 g/mol. The lowest BCUT2D eigenvalue weighted by atomic mass is 10.1. The van der Waals surface area contributed by atoms with Crippen molar-refractivity contribution >= 4 is 23.4 Å². The van der Waals surface area contributed by atoms with Crippen LogP contribution < -0.4 is 14.4 Å². The summed E-state index contributed by atoms with van der Waals surface area (Å²) in [5.74, 6) is 2.39. The molecule has 2 atom stereocenters. The van der Waals surface area contributed by atoms with Crippen molar-refractivity contribution < 1.29 is 14.3 Å². The third-order valence-corrected chi connectivity index (χ3v) is 6.07. The first-order valence-corrected chi connectivity index (χ1v) is 10.6. The SMILES string of the molecule is CCOc1ccccc1N1C(=O)C(C)SC1c1ccc(Oc2ccccc2)cc1. The summed E-state index contributed by atoms with van der Waals surface area (Å²) in [4.78, 5) is 14.8. The lowest BCUT2D eigenvalue weighted by molar-refractivity contribution is -0.117. The number of benzene rings is 3. The predicted molar refractivity (Wildman–Crippen MR) is 118 cm³/mol. The van der Waals surface area contributed by atoms with E-state index in [-0.39, 0.29) is 16.5 Å². The number of anilines is 1. The van der Waals surface area contributed by atoms with Crippen molar-refractivity contribution in [3.8, 4) is 17.2 Å². The largest absolute Gasteiger partial charge is 0.492 e. The van der Waals surface area contributed by atoms with Crippen LogP contribution in [0.25, 0.3) is 0 Å². The first kappa shape index (κ1) is 19.4. The molecule has 148 valence electrons. The number of amides is 1. The second-order valence-corrected chi connectivity index (χ2v) is 8.15. The maximum Gasteiger partial charge on any atom is 0.241 e. The van der Waals surface area contributed by atoms with E-state index in [4.69, 9.17) is 9.47 Å². The maximum atomic E-state index is 13.0. The van der Waals surface area contributed by atoms with Crippen molar-refractivity contribution in [3.63, 3.8) is 0 Å². The van der Waals surface area contributed by atoms with Crippen LogP contribution in [0.15, 0.2) is 78.9 Å². The Morgan fingerprint density at radius 2 is 1.55 bits per heavy atom. The van der Waals surface area contributed by atoms with Gasteiger partial charge in [0.1, 0.15) is 22.6 Å². The van der Waals surface area contributed by atoms with E-state index in [1.807, 2.05) is 97.6 Å². The van der Waals surface area contributed by atoms with E-state index in [1.165, 1.54) is 0 Å². The Morgan fingerprint density at radius 3 is 2.28 bits per heavy atom. The molecule has 0 saturated carbocycles. The van der Waals surface area contributed by atoms with Gasteiger partial charge in [0, 0.05) is 0 Å². The molecular weight excluding hydrogens is 382 g/mol. The maximum absolute atomic E-state index is 13.0. The van der Waals surface area contributed by atoms with Gasteiger partial charge in [-0.25, -0.2) is 0 Å². The van der Waals surface area contributed by atoms with Crippen LogP contribution in [0.3, 0.4) is 0 Å². The predicted octanol–water partition coefficient (Wildman–Crippen LogP) is 6.04. The van der Waals surface area contributed by atoms with E-state index < -0.39 is 0 Å². The van der Waals surface area contributed by atoms with Gasteiger partial charge in [-0.05, 0) is 55.8 Å². The average Bonchev–Trinajstić information content (AvgIpc) is 3.04. The highest BCUT2D eigenvalue weighted by Gasteiger charge is 2.40. The fraction of sp³-hybridized carbons (Fsp3) is 0.208. The second-order valence-electron chi connectivity index (χ2n) is 6.72. The molecule has 0 N–H and O–H groups in total. The summed E-state index contributed by atoms with van der Waals surface area (Å²) in [5.41, 5.74) is 1.87. The smallest absolute Gasteiger partial charge is 0.241 e. The molecule has 1 fully saturated rings. The zero-order valence-corrected chi connectivity index (χ0v) is 17.3. The summed E-state index contributed by atoms with van der Waals surface area (Å²) < 4.78 is 11.7. The molecule has 0 aromatic heterocycles. The van der Waals surface area contributed by atoms with Gasteiger partial charge in [-0.3, -0.25) is 9.69 Å². The molecule has 1 aliphatic rings. The highest BCUT2D eigenvalue weighted by atomic mass is 32.2. The number of carbonyl (C=O) groups excluding carboxylic acids is 1. The highest BCUT2D eigenvalue weighted by Crippen LogP contribution is 2.48. The van der Waals surface area contributed by atoms with Crippen molar-refractivity contribution in [2.45, 2.75) is 24.5 Å². The molecule has 5 heteroatoms. The van der Waals surface area contributed by atoms with Crippen molar-refractivity contribution in [1.82, 2.24) is 0 Å². The van der Waals surface area contributed by atoms with Gasteiger partial charge in [0.2, 0.25) is 5.91 Å². The number of ether oxygens (including phenoxy) is 2. The summed E-state index contributed by atoms with van der Waals surface area (Å²) in [5, 5.41) is -0.222. The molecule has 4 nitrogen and oxygen atoms in total. The first-order chi connectivity index (χ1) is 14.2. The van der Waals surface area contributed by atoms with Gasteiger partial charge in [0.05, 0.1) is 17.5 Å². The topological polar surface area (TPSA) is 38.8 Å². The molecule has 1 amide bonds. The minimum atomic E-state index is -0.116. The van der Waals surface area contributed by atoms with E-state index >= 15 is 0 Å². The number of thioether (sulfide) groups is 1. The van der Waals surface area contributed by atoms with Crippen molar-refractivity contribution in [2.75, 3.05) is 11.5 Å². The lowest BCUT2D eigenvalue weighted by Crippen LogP contribution is -2.30. The minimum Gasteiger partial charge on any atom is -0.492 e. The molecule has 2 unspecified atom stereocenters. The fourth-order valence-corrected chi connectivity index (χ4v) is 4.63. The molecule has 1 saturated heterocycles. The standard InChI is InChI=1S/C24H23NO3S/c1-3-27-22-12-8-7-11-21(22)25-23(26)17(2)29-24(25)18-13-15-20(16-14-18)28-19-9-5-4-6-10-19/h4-17,24H,3H2,1-2H3. The fourth-order valence-electron chi connectivity index (χ4n) is 3.36. The van der Waals surface area contributed by atoms with E-state index in [0.29, 0.717) is 6.61 Å². The van der Waals surface area contributed by atoms with Gasteiger partial charge >= 0.3 is 0 Å². The van der Waals surface area contributed by atoms with Gasteiger partial charge in [0.25, 0.3) is 0 Å². The highest BCUT2D eigenvalue weighted by molar-refractivity contribution is 8.01. The molecule has 3 aromatic carbocycles. The van der Waals surface area contributed by atoms with E-state index in [9.17, 15) is 4.79 Å². The molecular formula is C24H23NO3S. The van der Waals surface area contributed by atoms with Crippen LogP contribution in [0.2, 0.25) is 0 Å². The zero-order valence-electron chi connectivity index (χ0n) is 16.4. The number of nitrogens with zero attached hydrogens (tertiary/aromatic N) is 1. The van der Waals surface area contributed by atoms with Gasteiger partial charge in [-0.2, -0.15) is 0 Å². The van der Waals surface area contributed by atoms with Crippen LogP contribution in [0, 0.1) is 0 Å². The van der Waals surface area contributed by atoms with E-state index in [2.05, 4.69) is 0 Å². The Hall–Kier alpha value is -2.92. The van der Waals surface area contributed by atoms with Crippen molar-refractivity contribution in [1.29, 1.82) is 0 Å². The number of para-hydroxylation sites is 3. The molecule has 4 rings (SSSR count). The molecule has 0 aliphatic carbocycles. The summed E-state index contributed by atoms with van der Waals surface area (Å²) in [7, 11) is 0. The quantitative estimate of drug-likeness (QED) is 0.501. The Kier molecular flexibility index (Phi) is 5.76. The summed E-state index contributed by atoms with van der Waals surface area (Å²) in [6.07, 6.45) is 0. The number of hydrogen-bond donors (Lipinski definition) is 0. The molecule has 0 spiro atoms. The van der Waals surface area contributed by atoms with Gasteiger partial charge in [-0.15, -0.1) is 11.8 Å². The second kappa shape index (κ2) is 8.62. The third-order valence-electron chi connectivity index (χ3n) is 4.72. The Labute approximate surface area is 175 Å². The molecule has 3 aromatic rings. The normalized spacial score (nSPS) is 18.7. The van der Waals surface area contributed by atoms with Crippen molar-refractivity contribution in [2.24, 2.45) is 0 Å². The Morgan fingerprint density at radius 1 is 0.897 bits per heavy atom. The molecule has 29 heavy (non-hydrogen) atoms. The molecule has 1 heterocycles. The zero-order chi connectivity index (χ0) is 20.2. The van der Waals surface area contributed by atoms with Crippen LogP contribution in [0.4, 0.5) is 5.69 Å². The summed E-state index contributed by atoms with van der Waals surface area (Å²) in [6, 6.07) is 25.4. The first-order valence-electron chi connectivity index (χ1n) is 9.70. The van der Waals surface area contributed by atoms with Crippen molar-refractivity contribution in [3.05, 3.63) is 84.4 Å². The summed E-state index contributed by atoms with van der Waals surface area (Å²) >= 11 is 1.65. The molecule has 1 aliphatic heterocycles. The van der Waals surface area contributed by atoms with Gasteiger partial charge < -0.3 is 9.47 Å². The average molecular weight is 406 g/mol. The van der Waals surface area contributed by atoms with Crippen LogP contribution in [-0.2, 0) is 4.79 Å². The van der Waals surface area contributed by atoms with Gasteiger partial charge in [0.15, 0.2) is 0 Å². The summed E-state index contributed by atoms with van der Waals surface area (Å²) in [6.45, 7) is 4.46. The Bertz CT molecular complexity index is 975.